The molecule has 0 spiro atoms. The molecule has 3 atom stereocenters. The van der Waals surface area contributed by atoms with E-state index >= 15 is 0 Å². The van der Waals surface area contributed by atoms with Gasteiger partial charge in [0.2, 0.25) is 5.91 Å². The minimum absolute atomic E-state index is 0.306. The number of hydrogen-bond donors (Lipinski definition) is 0. The van der Waals surface area contributed by atoms with Crippen molar-refractivity contribution in [3.05, 3.63) is 82.8 Å². The highest BCUT2D eigenvalue weighted by molar-refractivity contribution is 9.10. The van der Waals surface area contributed by atoms with Crippen LogP contribution in [0.25, 0.3) is 0 Å². The second-order valence-electron chi connectivity index (χ2n) is 7.99. The van der Waals surface area contributed by atoms with Gasteiger partial charge in [-0.15, -0.1) is 0 Å². The number of amides is 2. The highest BCUT2D eigenvalue weighted by atomic mass is 79.9. The summed E-state index contributed by atoms with van der Waals surface area (Å²) in [4.78, 5) is 34.6. The molecule has 3 aromatic rings. The Hall–Kier alpha value is -3.36. The molecule has 2 saturated heterocycles. The van der Waals surface area contributed by atoms with Gasteiger partial charge in [-0.2, -0.15) is 0 Å². The molecular formula is C26H23BrN2O5. The van der Waals surface area contributed by atoms with Gasteiger partial charge in [-0.1, -0.05) is 30.3 Å². The van der Waals surface area contributed by atoms with Crippen molar-refractivity contribution in [3.8, 4) is 11.5 Å². The SMILES string of the molecule is CCOc1cccc(N2C(=O)[C@H]3[C@H](ON(c4ccccc4)[C@H]3c3ccc(OC)c(Br)c3)C2=O)c1. The number of carbonyl (C=O) groups is 2. The summed E-state index contributed by atoms with van der Waals surface area (Å²) >= 11 is 3.54. The van der Waals surface area contributed by atoms with Crippen LogP contribution in [0.4, 0.5) is 11.4 Å². The molecule has 3 aromatic carbocycles. The second kappa shape index (κ2) is 9.12. The number of methoxy groups -OCH3 is 1. The minimum atomic E-state index is -0.936. The number of anilines is 2. The molecule has 2 aliphatic heterocycles. The van der Waals surface area contributed by atoms with Gasteiger partial charge < -0.3 is 9.47 Å². The Morgan fingerprint density at radius 1 is 0.941 bits per heavy atom. The maximum atomic E-state index is 13.8. The molecule has 2 amide bonds. The van der Waals surface area contributed by atoms with E-state index in [0.29, 0.717) is 23.8 Å². The standard InChI is InChI=1S/C26H23BrN2O5/c1-3-33-19-11-7-10-18(15-19)28-25(30)22-23(16-12-13-21(32-2)20(27)14-16)29(34-24(22)26(28)31)17-8-5-4-6-9-17/h4-15,22-24H,3H2,1-2H3/t22-,23+,24+/m1/s1. The van der Waals surface area contributed by atoms with Crippen molar-refractivity contribution >= 4 is 39.1 Å². The number of ether oxygens (including phenoxy) is 2. The van der Waals surface area contributed by atoms with Gasteiger partial charge in [-0.3, -0.25) is 14.4 Å². The van der Waals surface area contributed by atoms with Gasteiger partial charge in [0.1, 0.15) is 17.4 Å². The Bertz CT molecular complexity index is 1230. The summed E-state index contributed by atoms with van der Waals surface area (Å²) in [6.07, 6.45) is -0.936. The zero-order chi connectivity index (χ0) is 23.8. The van der Waals surface area contributed by atoms with Gasteiger partial charge in [0.05, 0.1) is 35.6 Å². The average molecular weight is 523 g/mol. The molecular weight excluding hydrogens is 500 g/mol. The van der Waals surface area contributed by atoms with Crippen LogP contribution in [-0.4, -0.2) is 31.6 Å². The Morgan fingerprint density at radius 2 is 1.71 bits per heavy atom. The molecule has 0 radical (unpaired) electrons. The summed E-state index contributed by atoms with van der Waals surface area (Å²) in [5, 5.41) is 1.67. The first kappa shape index (κ1) is 22.4. The molecule has 7 nitrogen and oxygen atoms in total. The minimum Gasteiger partial charge on any atom is -0.496 e. The van der Waals surface area contributed by atoms with Gasteiger partial charge in [0.25, 0.3) is 5.91 Å². The van der Waals surface area contributed by atoms with Crippen molar-refractivity contribution in [2.45, 2.75) is 19.1 Å². The number of nitrogens with zero attached hydrogens (tertiary/aromatic N) is 2. The predicted molar refractivity (Wildman–Crippen MR) is 131 cm³/mol. The number of halogens is 1. The number of hydroxylamine groups is 1. The van der Waals surface area contributed by atoms with Gasteiger partial charge in [0, 0.05) is 6.07 Å². The van der Waals surface area contributed by atoms with Gasteiger partial charge in [-0.05, 0) is 64.8 Å². The van der Waals surface area contributed by atoms with E-state index in [-0.39, 0.29) is 11.8 Å². The molecule has 0 saturated carbocycles. The summed E-state index contributed by atoms with van der Waals surface area (Å²) in [5.41, 5.74) is 2.06. The van der Waals surface area contributed by atoms with Crippen LogP contribution in [0.5, 0.6) is 11.5 Å². The number of rotatable bonds is 6. The third-order valence-electron chi connectivity index (χ3n) is 6.03. The van der Waals surface area contributed by atoms with Gasteiger partial charge in [-0.25, -0.2) is 9.96 Å². The first-order chi connectivity index (χ1) is 16.5. The average Bonchev–Trinajstić information content (AvgIpc) is 3.36. The van der Waals surface area contributed by atoms with Crippen LogP contribution >= 0.6 is 15.9 Å². The Labute approximate surface area is 205 Å². The van der Waals surface area contributed by atoms with Crippen molar-refractivity contribution in [1.29, 1.82) is 0 Å². The van der Waals surface area contributed by atoms with Crippen molar-refractivity contribution in [3.63, 3.8) is 0 Å². The first-order valence-electron chi connectivity index (χ1n) is 11.0. The lowest BCUT2D eigenvalue weighted by Gasteiger charge is -2.29. The van der Waals surface area contributed by atoms with Gasteiger partial charge in [0.15, 0.2) is 6.10 Å². The third kappa shape index (κ3) is 3.73. The molecule has 8 heteroatoms. The van der Waals surface area contributed by atoms with Crippen LogP contribution in [0.3, 0.4) is 0 Å². The van der Waals surface area contributed by atoms with E-state index in [4.69, 9.17) is 14.3 Å². The van der Waals surface area contributed by atoms with E-state index in [9.17, 15) is 9.59 Å². The van der Waals surface area contributed by atoms with Gasteiger partial charge >= 0.3 is 0 Å². The zero-order valence-electron chi connectivity index (χ0n) is 18.7. The van der Waals surface area contributed by atoms with Crippen LogP contribution in [0.1, 0.15) is 18.5 Å². The number of benzene rings is 3. The van der Waals surface area contributed by atoms with Crippen molar-refractivity contribution in [2.24, 2.45) is 5.92 Å². The van der Waals surface area contributed by atoms with Crippen molar-refractivity contribution in [2.75, 3.05) is 23.7 Å². The fourth-order valence-electron chi connectivity index (χ4n) is 4.55. The van der Waals surface area contributed by atoms with Crippen LogP contribution < -0.4 is 19.4 Å². The van der Waals surface area contributed by atoms with E-state index in [1.807, 2.05) is 55.5 Å². The number of carbonyl (C=O) groups excluding carboxylic acids is 2. The van der Waals surface area contributed by atoms with Crippen LogP contribution in [0.15, 0.2) is 77.3 Å². The molecule has 2 fully saturated rings. The molecule has 2 heterocycles. The molecule has 34 heavy (non-hydrogen) atoms. The van der Waals surface area contributed by atoms with Crippen LogP contribution in [-0.2, 0) is 14.4 Å². The predicted octanol–water partition coefficient (Wildman–Crippen LogP) is 4.91. The fraction of sp³-hybridized carbons (Fsp3) is 0.231. The molecule has 2 aliphatic rings. The monoisotopic (exact) mass is 522 g/mol. The second-order valence-corrected chi connectivity index (χ2v) is 8.85. The van der Waals surface area contributed by atoms with E-state index in [1.165, 1.54) is 4.90 Å². The Morgan fingerprint density at radius 3 is 2.41 bits per heavy atom. The van der Waals surface area contributed by atoms with Crippen molar-refractivity contribution < 1.29 is 23.9 Å². The topological polar surface area (TPSA) is 68.3 Å². The zero-order valence-corrected chi connectivity index (χ0v) is 20.3. The van der Waals surface area contributed by atoms with E-state index in [2.05, 4.69) is 15.9 Å². The summed E-state index contributed by atoms with van der Waals surface area (Å²) < 4.78 is 11.7. The maximum Gasteiger partial charge on any atom is 0.266 e. The van der Waals surface area contributed by atoms with E-state index < -0.39 is 18.1 Å². The molecule has 0 N–H and O–H groups in total. The Balaban J connectivity index is 1.57. The van der Waals surface area contributed by atoms with E-state index in [0.717, 1.165) is 15.7 Å². The highest BCUT2D eigenvalue weighted by Gasteiger charge is 2.60. The lowest BCUT2D eigenvalue weighted by Crippen LogP contribution is -2.37. The number of imide groups is 1. The van der Waals surface area contributed by atoms with E-state index in [1.54, 1.807) is 36.4 Å². The molecule has 0 unspecified atom stereocenters. The summed E-state index contributed by atoms with van der Waals surface area (Å²) in [7, 11) is 1.60. The molecule has 0 bridgehead atoms. The quantitative estimate of drug-likeness (QED) is 0.428. The lowest BCUT2D eigenvalue weighted by molar-refractivity contribution is -0.126. The normalized spacial score (nSPS) is 21.7. The van der Waals surface area contributed by atoms with Crippen molar-refractivity contribution in [1.82, 2.24) is 0 Å². The molecule has 174 valence electrons. The van der Waals surface area contributed by atoms with Crippen LogP contribution in [0, 0.1) is 5.92 Å². The molecule has 5 rings (SSSR count). The summed E-state index contributed by atoms with van der Waals surface area (Å²) in [5.74, 6) is -0.142. The fourth-order valence-corrected chi connectivity index (χ4v) is 5.11. The van der Waals surface area contributed by atoms with Crippen LogP contribution in [0.2, 0.25) is 0 Å². The smallest absolute Gasteiger partial charge is 0.266 e. The summed E-state index contributed by atoms with van der Waals surface area (Å²) in [6.45, 7) is 2.37. The molecule has 0 aliphatic carbocycles. The largest absolute Gasteiger partial charge is 0.496 e. The number of para-hydroxylation sites is 1. The Kier molecular flexibility index (Phi) is 6.02. The highest BCUT2D eigenvalue weighted by Crippen LogP contribution is 2.48. The number of fused-ring (bicyclic) bond motifs is 1. The third-order valence-corrected chi connectivity index (χ3v) is 6.65. The lowest BCUT2D eigenvalue weighted by atomic mass is 9.90. The summed E-state index contributed by atoms with van der Waals surface area (Å²) in [6, 6.07) is 21.6. The first-order valence-corrected chi connectivity index (χ1v) is 11.8. The number of hydrogen-bond acceptors (Lipinski definition) is 6. The molecule has 0 aromatic heterocycles. The maximum absolute atomic E-state index is 13.8.